The van der Waals surface area contributed by atoms with E-state index in [-0.39, 0.29) is 6.10 Å². The normalized spacial score (nSPS) is 19.8. The second kappa shape index (κ2) is 8.84. The van der Waals surface area contributed by atoms with Crippen molar-refractivity contribution in [3.8, 4) is 0 Å². The fourth-order valence-corrected chi connectivity index (χ4v) is 5.83. The molecule has 1 fully saturated rings. The summed E-state index contributed by atoms with van der Waals surface area (Å²) < 4.78 is 0. The molecule has 0 unspecified atom stereocenters. The van der Waals surface area contributed by atoms with E-state index in [9.17, 15) is 5.11 Å². The number of aliphatic hydroxyl groups is 1. The Balaban J connectivity index is 1.93. The van der Waals surface area contributed by atoms with Crippen molar-refractivity contribution in [2.45, 2.75) is 76.2 Å². The SMILES string of the molecule is C[Si](C)(C)[C@H](/C=C\CCc1ccccc1)[C@@H](O)C1CCCCC1. The van der Waals surface area contributed by atoms with Crippen LogP contribution in [0.15, 0.2) is 42.5 Å². The Labute approximate surface area is 143 Å². The summed E-state index contributed by atoms with van der Waals surface area (Å²) in [5.41, 5.74) is 1.79. The summed E-state index contributed by atoms with van der Waals surface area (Å²) in [5, 5.41) is 11.0. The van der Waals surface area contributed by atoms with Crippen molar-refractivity contribution in [1.82, 2.24) is 0 Å². The first kappa shape index (κ1) is 18.5. The van der Waals surface area contributed by atoms with E-state index >= 15 is 0 Å². The third kappa shape index (κ3) is 5.93. The number of rotatable bonds is 7. The Kier molecular flexibility index (Phi) is 7.10. The van der Waals surface area contributed by atoms with E-state index in [4.69, 9.17) is 0 Å². The molecule has 1 aromatic rings. The predicted octanol–water partition coefficient (Wildman–Crippen LogP) is 5.83. The van der Waals surface area contributed by atoms with Gasteiger partial charge in [-0.25, -0.2) is 0 Å². The van der Waals surface area contributed by atoms with Gasteiger partial charge >= 0.3 is 0 Å². The van der Waals surface area contributed by atoms with E-state index < -0.39 is 8.07 Å². The quantitative estimate of drug-likeness (QED) is 0.493. The first-order valence-electron chi connectivity index (χ1n) is 9.37. The number of benzene rings is 1. The highest BCUT2D eigenvalue weighted by Crippen LogP contribution is 2.37. The Morgan fingerprint density at radius 3 is 2.35 bits per heavy atom. The summed E-state index contributed by atoms with van der Waals surface area (Å²) in [6, 6.07) is 10.7. The summed E-state index contributed by atoms with van der Waals surface area (Å²) in [5.74, 6) is 0.527. The monoisotopic (exact) mass is 330 g/mol. The zero-order chi connectivity index (χ0) is 16.7. The highest BCUT2D eigenvalue weighted by atomic mass is 28.3. The molecule has 1 saturated carbocycles. The molecule has 128 valence electrons. The van der Waals surface area contributed by atoms with Gasteiger partial charge < -0.3 is 5.11 Å². The van der Waals surface area contributed by atoms with Gasteiger partial charge in [-0.15, -0.1) is 0 Å². The molecule has 2 atom stereocenters. The van der Waals surface area contributed by atoms with E-state index in [1.165, 1.54) is 37.7 Å². The van der Waals surface area contributed by atoms with Crippen LogP contribution in [0.5, 0.6) is 0 Å². The summed E-state index contributed by atoms with van der Waals surface area (Å²) in [6.07, 6.45) is 13.1. The van der Waals surface area contributed by atoms with Crippen LogP contribution in [0, 0.1) is 5.92 Å². The van der Waals surface area contributed by atoms with Gasteiger partial charge in [0.1, 0.15) is 0 Å². The predicted molar refractivity (Wildman–Crippen MR) is 104 cm³/mol. The van der Waals surface area contributed by atoms with Crippen LogP contribution in [0.1, 0.15) is 44.1 Å². The number of aryl methyl sites for hydroxylation is 1. The summed E-state index contributed by atoms with van der Waals surface area (Å²) >= 11 is 0. The zero-order valence-corrected chi connectivity index (χ0v) is 16.2. The topological polar surface area (TPSA) is 20.2 Å². The van der Waals surface area contributed by atoms with Gasteiger partial charge in [0, 0.05) is 0 Å². The molecule has 1 aliphatic carbocycles. The van der Waals surface area contributed by atoms with Crippen LogP contribution in [0.2, 0.25) is 25.2 Å². The molecule has 0 bridgehead atoms. The number of hydrogen-bond donors (Lipinski definition) is 1. The van der Waals surface area contributed by atoms with Gasteiger partial charge in [-0.2, -0.15) is 0 Å². The first-order chi connectivity index (χ1) is 11.0. The van der Waals surface area contributed by atoms with E-state index in [0.29, 0.717) is 11.5 Å². The van der Waals surface area contributed by atoms with Gasteiger partial charge in [-0.3, -0.25) is 0 Å². The van der Waals surface area contributed by atoms with Crippen LogP contribution in [-0.4, -0.2) is 19.3 Å². The molecule has 1 aromatic carbocycles. The minimum Gasteiger partial charge on any atom is -0.393 e. The molecule has 0 aromatic heterocycles. The second-order valence-electron chi connectivity index (χ2n) is 8.23. The molecule has 1 aliphatic rings. The average molecular weight is 331 g/mol. The van der Waals surface area contributed by atoms with E-state index in [0.717, 1.165) is 12.8 Å². The Bertz CT molecular complexity index is 468. The average Bonchev–Trinajstić information content (AvgIpc) is 2.55. The molecule has 2 rings (SSSR count). The number of allylic oxidation sites excluding steroid dienone is 1. The molecule has 0 heterocycles. The van der Waals surface area contributed by atoms with Crippen molar-refractivity contribution >= 4 is 8.07 Å². The molecule has 1 N–H and O–H groups in total. The molecule has 23 heavy (non-hydrogen) atoms. The third-order valence-electron chi connectivity index (χ3n) is 5.29. The lowest BCUT2D eigenvalue weighted by atomic mass is 9.84. The van der Waals surface area contributed by atoms with Crippen molar-refractivity contribution in [1.29, 1.82) is 0 Å². The molecule has 0 spiro atoms. The minimum atomic E-state index is -1.40. The van der Waals surface area contributed by atoms with E-state index in [1.54, 1.807) is 0 Å². The fourth-order valence-electron chi connectivity index (χ4n) is 3.82. The lowest BCUT2D eigenvalue weighted by Crippen LogP contribution is -2.39. The Hall–Kier alpha value is -0.863. The Morgan fingerprint density at radius 1 is 1.09 bits per heavy atom. The van der Waals surface area contributed by atoms with Gasteiger partial charge in [0.2, 0.25) is 0 Å². The smallest absolute Gasteiger partial charge is 0.0606 e. The molecule has 0 aliphatic heterocycles. The third-order valence-corrected chi connectivity index (χ3v) is 7.82. The maximum Gasteiger partial charge on any atom is 0.0606 e. The van der Waals surface area contributed by atoms with Crippen molar-refractivity contribution in [2.24, 2.45) is 5.92 Å². The molecule has 0 saturated heterocycles. The molecule has 0 amide bonds. The van der Waals surface area contributed by atoms with Crippen molar-refractivity contribution in [3.63, 3.8) is 0 Å². The summed E-state index contributed by atoms with van der Waals surface area (Å²) in [6.45, 7) is 7.18. The lowest BCUT2D eigenvalue weighted by Gasteiger charge is -2.37. The van der Waals surface area contributed by atoms with Crippen molar-refractivity contribution < 1.29 is 5.11 Å². The largest absolute Gasteiger partial charge is 0.393 e. The molecule has 2 heteroatoms. The van der Waals surface area contributed by atoms with Crippen molar-refractivity contribution in [3.05, 3.63) is 48.0 Å². The van der Waals surface area contributed by atoms with Gasteiger partial charge in [0.15, 0.2) is 0 Å². The van der Waals surface area contributed by atoms with Crippen LogP contribution >= 0.6 is 0 Å². The van der Waals surface area contributed by atoms with E-state index in [1.807, 2.05) is 0 Å². The maximum atomic E-state index is 11.0. The van der Waals surface area contributed by atoms with Gasteiger partial charge in [-0.05, 0) is 42.7 Å². The molecule has 1 nitrogen and oxygen atoms in total. The van der Waals surface area contributed by atoms with Crippen LogP contribution in [-0.2, 0) is 6.42 Å². The first-order valence-corrected chi connectivity index (χ1v) is 12.9. The molecular weight excluding hydrogens is 296 g/mol. The van der Waals surface area contributed by atoms with Gasteiger partial charge in [-0.1, -0.05) is 81.4 Å². The number of aliphatic hydroxyl groups excluding tert-OH is 1. The van der Waals surface area contributed by atoms with E-state index in [2.05, 4.69) is 62.1 Å². The molecular formula is C21H34OSi. The Morgan fingerprint density at radius 2 is 1.74 bits per heavy atom. The number of hydrogen-bond acceptors (Lipinski definition) is 1. The van der Waals surface area contributed by atoms with Gasteiger partial charge in [0.05, 0.1) is 14.2 Å². The maximum absolute atomic E-state index is 11.0. The van der Waals surface area contributed by atoms with Crippen LogP contribution in [0.4, 0.5) is 0 Å². The minimum absolute atomic E-state index is 0.130. The van der Waals surface area contributed by atoms with Gasteiger partial charge in [0.25, 0.3) is 0 Å². The molecule has 0 radical (unpaired) electrons. The summed E-state index contributed by atoms with van der Waals surface area (Å²) in [7, 11) is -1.40. The van der Waals surface area contributed by atoms with Crippen molar-refractivity contribution in [2.75, 3.05) is 0 Å². The van der Waals surface area contributed by atoms with Crippen LogP contribution < -0.4 is 0 Å². The zero-order valence-electron chi connectivity index (χ0n) is 15.2. The standard InChI is InChI=1S/C21H34OSi/c1-23(2,3)20(21(22)19-15-8-5-9-16-19)17-11-10-14-18-12-6-4-7-13-18/h4,6-7,11-13,17,19-22H,5,8-10,14-16H2,1-3H3/b17-11-/t20-,21+/m1/s1. The van der Waals surface area contributed by atoms with Crippen LogP contribution in [0.25, 0.3) is 0 Å². The second-order valence-corrected chi connectivity index (χ2v) is 13.6. The lowest BCUT2D eigenvalue weighted by molar-refractivity contribution is 0.0857. The highest BCUT2D eigenvalue weighted by Gasteiger charge is 2.35. The highest BCUT2D eigenvalue weighted by molar-refractivity contribution is 6.78. The van der Waals surface area contributed by atoms with Crippen LogP contribution in [0.3, 0.4) is 0 Å². The fraction of sp³-hybridized carbons (Fsp3) is 0.619. The summed E-state index contributed by atoms with van der Waals surface area (Å²) in [4.78, 5) is 0.